The topological polar surface area (TPSA) is 137 Å². The number of aliphatic imine (C=N–C) groups is 1. The molecule has 1 spiro atoms. The summed E-state index contributed by atoms with van der Waals surface area (Å²) in [7, 11) is -4.10. The van der Waals surface area contributed by atoms with E-state index in [4.69, 9.17) is 4.74 Å². The highest BCUT2D eigenvalue weighted by Gasteiger charge is 2.74. The fraction of sp³-hybridized carbons (Fsp3) is 0.786. The van der Waals surface area contributed by atoms with Gasteiger partial charge in [-0.1, -0.05) is 26.3 Å². The molecule has 11 nitrogen and oxygen atoms in total. The molecule has 4 aliphatic rings. The van der Waals surface area contributed by atoms with E-state index in [2.05, 4.69) is 42.2 Å². The standard InChI is InChI=1S/C28H45N5O6S/c1-9-27(29-8)18-28(27,22(35)31-40(37,38)32-15-10-11-16-32)30-21(34)19(2)33(23(36)39-24(3,4)5)17-20-25(6,7)26(20)13-12-14-26/h9,19-20H,1,8,10-18H2,2-7H3,(H,30,34)(H,31,35). The summed E-state index contributed by atoms with van der Waals surface area (Å²) in [6, 6.07) is -1.00. The van der Waals surface area contributed by atoms with Crippen LogP contribution in [0, 0.1) is 16.7 Å². The summed E-state index contributed by atoms with van der Waals surface area (Å²) in [5, 5.41) is 2.75. The quantitative estimate of drug-likeness (QED) is 0.302. The van der Waals surface area contributed by atoms with Gasteiger partial charge in [0.1, 0.15) is 17.2 Å². The van der Waals surface area contributed by atoms with Crippen LogP contribution in [0.1, 0.15) is 80.1 Å². The first-order valence-corrected chi connectivity index (χ1v) is 15.6. The first-order valence-electron chi connectivity index (χ1n) is 14.2. The number of nitrogens with zero attached hydrogens (tertiary/aromatic N) is 3. The van der Waals surface area contributed by atoms with E-state index in [1.54, 1.807) is 27.7 Å². The number of hydrogen-bond donors (Lipinski definition) is 2. The number of hydrogen-bond acceptors (Lipinski definition) is 7. The summed E-state index contributed by atoms with van der Waals surface area (Å²) in [6.45, 7) is 19.6. The van der Waals surface area contributed by atoms with Crippen LogP contribution in [0.25, 0.3) is 0 Å². The third kappa shape index (κ3) is 4.84. The molecule has 3 aliphatic carbocycles. The maximum absolute atomic E-state index is 13.8. The van der Waals surface area contributed by atoms with Gasteiger partial charge >= 0.3 is 16.3 Å². The second kappa shape index (κ2) is 9.82. The molecule has 0 bridgehead atoms. The summed E-state index contributed by atoms with van der Waals surface area (Å²) in [5.41, 5.74) is -3.56. The molecule has 1 heterocycles. The van der Waals surface area contributed by atoms with Gasteiger partial charge in [-0.3, -0.25) is 19.5 Å². The molecular weight excluding hydrogens is 534 g/mol. The van der Waals surface area contributed by atoms with Crippen LogP contribution in [-0.2, 0) is 24.5 Å². The van der Waals surface area contributed by atoms with Gasteiger partial charge in [-0.15, -0.1) is 6.58 Å². The van der Waals surface area contributed by atoms with Crippen LogP contribution in [0.2, 0.25) is 0 Å². The number of carbonyl (C=O) groups is 3. The van der Waals surface area contributed by atoms with Gasteiger partial charge in [0, 0.05) is 26.1 Å². The molecule has 0 aromatic rings. The van der Waals surface area contributed by atoms with Crippen molar-refractivity contribution in [2.24, 2.45) is 21.7 Å². The Morgan fingerprint density at radius 2 is 1.77 bits per heavy atom. The largest absolute Gasteiger partial charge is 0.444 e. The summed E-state index contributed by atoms with van der Waals surface area (Å²) < 4.78 is 34.8. The van der Waals surface area contributed by atoms with E-state index >= 15 is 0 Å². The summed E-state index contributed by atoms with van der Waals surface area (Å²) in [4.78, 5) is 46.2. The van der Waals surface area contributed by atoms with E-state index < -0.39 is 50.8 Å². The van der Waals surface area contributed by atoms with Gasteiger partial charge < -0.3 is 10.1 Å². The number of carbonyl (C=O) groups excluding carboxylic acids is 3. The average molecular weight is 580 g/mol. The van der Waals surface area contributed by atoms with E-state index in [0.717, 1.165) is 19.3 Å². The highest BCUT2D eigenvalue weighted by atomic mass is 32.2. The fourth-order valence-electron chi connectivity index (χ4n) is 6.93. The van der Waals surface area contributed by atoms with Crippen LogP contribution in [0.4, 0.5) is 4.79 Å². The predicted octanol–water partition coefficient (Wildman–Crippen LogP) is 2.78. The monoisotopic (exact) mass is 579 g/mol. The molecule has 2 N–H and O–H groups in total. The molecule has 224 valence electrons. The van der Waals surface area contributed by atoms with Gasteiger partial charge in [0.2, 0.25) is 5.91 Å². The van der Waals surface area contributed by atoms with Crippen molar-refractivity contribution in [3.05, 3.63) is 12.7 Å². The van der Waals surface area contributed by atoms with E-state index in [9.17, 15) is 22.8 Å². The fourth-order valence-corrected chi connectivity index (χ4v) is 8.20. The normalized spacial score (nSPS) is 30.9. The molecule has 4 rings (SSSR count). The van der Waals surface area contributed by atoms with Crippen molar-refractivity contribution < 1.29 is 27.5 Å². The van der Waals surface area contributed by atoms with E-state index in [1.807, 2.05) is 0 Å². The lowest BCUT2D eigenvalue weighted by Crippen LogP contribution is -2.60. The molecule has 4 unspecified atom stereocenters. The molecule has 0 radical (unpaired) electrons. The van der Waals surface area contributed by atoms with Gasteiger partial charge in [-0.05, 0) is 76.8 Å². The van der Waals surface area contributed by atoms with Crippen molar-refractivity contribution >= 4 is 34.8 Å². The van der Waals surface area contributed by atoms with Crippen molar-refractivity contribution in [3.63, 3.8) is 0 Å². The van der Waals surface area contributed by atoms with E-state index in [0.29, 0.717) is 32.5 Å². The SMILES string of the molecule is C=CC1(N=C)CC1(NC(=O)C(C)N(CC1C(C)(C)C12CCC2)C(=O)OC(C)(C)C)C(=O)NS(=O)(=O)N1CCCC1. The Morgan fingerprint density at radius 1 is 1.18 bits per heavy atom. The molecule has 1 aliphatic heterocycles. The molecule has 40 heavy (non-hydrogen) atoms. The lowest BCUT2D eigenvalue weighted by molar-refractivity contribution is -0.132. The van der Waals surface area contributed by atoms with Crippen LogP contribution >= 0.6 is 0 Å². The Morgan fingerprint density at radius 3 is 2.20 bits per heavy atom. The summed E-state index contributed by atoms with van der Waals surface area (Å²) in [5.74, 6) is -1.32. The highest BCUT2D eigenvalue weighted by Crippen LogP contribution is 2.77. The maximum Gasteiger partial charge on any atom is 0.410 e. The first kappa shape index (κ1) is 30.5. The maximum atomic E-state index is 13.8. The van der Waals surface area contributed by atoms with Crippen molar-refractivity contribution in [1.29, 1.82) is 0 Å². The van der Waals surface area contributed by atoms with Crippen LogP contribution in [0.15, 0.2) is 17.6 Å². The van der Waals surface area contributed by atoms with Gasteiger partial charge in [-0.2, -0.15) is 12.7 Å². The molecule has 1 saturated heterocycles. The minimum absolute atomic E-state index is 0.00197. The Labute approximate surface area is 238 Å². The van der Waals surface area contributed by atoms with Gasteiger partial charge in [0.15, 0.2) is 5.54 Å². The van der Waals surface area contributed by atoms with Crippen LogP contribution in [0.3, 0.4) is 0 Å². The summed E-state index contributed by atoms with van der Waals surface area (Å²) in [6.07, 6.45) is 5.53. The van der Waals surface area contributed by atoms with Crippen molar-refractivity contribution in [3.8, 4) is 0 Å². The molecule has 3 saturated carbocycles. The zero-order valence-electron chi connectivity index (χ0n) is 24.7. The Kier molecular flexibility index (Phi) is 7.48. The van der Waals surface area contributed by atoms with Crippen molar-refractivity contribution in [2.75, 3.05) is 19.6 Å². The third-order valence-corrected chi connectivity index (χ3v) is 11.4. The molecule has 0 aromatic carbocycles. The second-order valence-corrected chi connectivity index (χ2v) is 15.2. The number of ether oxygens (including phenoxy) is 1. The zero-order valence-corrected chi connectivity index (χ0v) is 25.5. The smallest absolute Gasteiger partial charge is 0.410 e. The average Bonchev–Trinajstić information content (AvgIpc) is 3.43. The molecule has 12 heteroatoms. The third-order valence-electron chi connectivity index (χ3n) is 9.96. The minimum Gasteiger partial charge on any atom is -0.444 e. The van der Waals surface area contributed by atoms with Crippen molar-refractivity contribution in [2.45, 2.75) is 103 Å². The lowest BCUT2D eigenvalue weighted by Gasteiger charge is -2.34. The molecule has 0 aromatic heterocycles. The Bertz CT molecular complexity index is 1190. The van der Waals surface area contributed by atoms with Crippen molar-refractivity contribution in [1.82, 2.24) is 19.2 Å². The molecule has 3 amide bonds. The zero-order chi connectivity index (χ0) is 29.9. The lowest BCUT2D eigenvalue weighted by atomic mass is 9.75. The molecule has 4 fully saturated rings. The molecule has 4 atom stereocenters. The van der Waals surface area contributed by atoms with Crippen LogP contribution < -0.4 is 10.0 Å². The highest BCUT2D eigenvalue weighted by molar-refractivity contribution is 7.87. The predicted molar refractivity (Wildman–Crippen MR) is 152 cm³/mol. The molecular formula is C28H45N5O6S. The second-order valence-electron chi connectivity index (χ2n) is 13.5. The van der Waals surface area contributed by atoms with E-state index in [-0.39, 0.29) is 23.2 Å². The number of amides is 3. The Balaban J connectivity index is 1.57. The number of rotatable bonds is 10. The first-order chi connectivity index (χ1) is 18.4. The number of nitrogens with one attached hydrogen (secondary N) is 2. The van der Waals surface area contributed by atoms with Gasteiger partial charge in [-0.25, -0.2) is 9.52 Å². The van der Waals surface area contributed by atoms with Gasteiger partial charge in [0.05, 0.1) is 0 Å². The Hall–Kier alpha value is -2.47. The minimum atomic E-state index is -4.10. The van der Waals surface area contributed by atoms with Gasteiger partial charge in [0.25, 0.3) is 5.91 Å². The summed E-state index contributed by atoms with van der Waals surface area (Å²) >= 11 is 0. The van der Waals surface area contributed by atoms with Crippen LogP contribution in [0.5, 0.6) is 0 Å². The van der Waals surface area contributed by atoms with Crippen LogP contribution in [-0.4, -0.2) is 84.6 Å². The van der Waals surface area contributed by atoms with E-state index in [1.165, 1.54) is 15.3 Å².